The Bertz CT molecular complexity index is 1140. The first-order chi connectivity index (χ1) is 17.9. The van der Waals surface area contributed by atoms with Gasteiger partial charge in [0.05, 0.1) is 12.9 Å². The van der Waals surface area contributed by atoms with Crippen LogP contribution in [0.5, 0.6) is 5.75 Å². The van der Waals surface area contributed by atoms with E-state index in [2.05, 4.69) is 21.2 Å². The van der Waals surface area contributed by atoms with E-state index in [4.69, 9.17) is 4.74 Å². The number of thioether (sulfide) groups is 1. The Balaban J connectivity index is 1.83. The number of nitrogens with zero attached hydrogens (tertiary/aromatic N) is 1. The summed E-state index contributed by atoms with van der Waals surface area (Å²) in [6.45, 7) is 4.38. The molecule has 0 saturated heterocycles. The highest BCUT2D eigenvalue weighted by Gasteiger charge is 2.30. The molecular formula is C30H35BrN2O3S. The maximum absolute atomic E-state index is 13.7. The van der Waals surface area contributed by atoms with E-state index in [0.717, 1.165) is 33.3 Å². The van der Waals surface area contributed by atoms with E-state index < -0.39 is 6.04 Å². The first-order valence-electron chi connectivity index (χ1n) is 12.5. The van der Waals surface area contributed by atoms with Crippen LogP contribution in [0.15, 0.2) is 83.3 Å². The predicted molar refractivity (Wildman–Crippen MR) is 156 cm³/mol. The van der Waals surface area contributed by atoms with Gasteiger partial charge in [0, 0.05) is 29.2 Å². The lowest BCUT2D eigenvalue weighted by molar-refractivity contribution is -0.139. The number of carbonyl (C=O) groups excluding carboxylic acids is 2. The Hall–Kier alpha value is -2.77. The molecule has 2 amide bonds. The lowest BCUT2D eigenvalue weighted by atomic mass is 10.0. The number of rotatable bonds is 13. The fourth-order valence-corrected chi connectivity index (χ4v) is 5.21. The Labute approximate surface area is 233 Å². The molecule has 0 aliphatic rings. The average Bonchev–Trinajstić information content (AvgIpc) is 2.91. The molecule has 3 aromatic carbocycles. The van der Waals surface area contributed by atoms with Crippen LogP contribution in [-0.4, -0.2) is 41.7 Å². The van der Waals surface area contributed by atoms with E-state index in [9.17, 15) is 9.59 Å². The number of benzene rings is 3. The van der Waals surface area contributed by atoms with Crippen molar-refractivity contribution < 1.29 is 14.3 Å². The minimum atomic E-state index is -0.621. The van der Waals surface area contributed by atoms with Gasteiger partial charge in [0.15, 0.2) is 0 Å². The average molecular weight is 584 g/mol. The molecule has 37 heavy (non-hydrogen) atoms. The summed E-state index contributed by atoms with van der Waals surface area (Å²) in [5, 5.41) is 3.11. The molecule has 3 rings (SSSR count). The second-order valence-electron chi connectivity index (χ2n) is 9.02. The second-order valence-corrected chi connectivity index (χ2v) is 10.9. The first-order valence-corrected chi connectivity index (χ1v) is 14.4. The van der Waals surface area contributed by atoms with Crippen molar-refractivity contribution in [1.29, 1.82) is 0 Å². The van der Waals surface area contributed by atoms with Crippen LogP contribution in [0, 0.1) is 0 Å². The molecular weight excluding hydrogens is 548 g/mol. The van der Waals surface area contributed by atoms with Gasteiger partial charge < -0.3 is 15.0 Å². The number of halogens is 1. The molecule has 0 spiro atoms. The van der Waals surface area contributed by atoms with E-state index in [1.54, 1.807) is 23.8 Å². The van der Waals surface area contributed by atoms with Crippen molar-refractivity contribution in [3.8, 4) is 5.75 Å². The highest BCUT2D eigenvalue weighted by atomic mass is 79.9. The van der Waals surface area contributed by atoms with Crippen molar-refractivity contribution in [3.05, 3.63) is 100 Å². The molecule has 0 fully saturated rings. The fraction of sp³-hybridized carbons (Fsp3) is 0.333. The summed E-state index contributed by atoms with van der Waals surface area (Å²) < 4.78 is 6.17. The Morgan fingerprint density at radius 3 is 2.32 bits per heavy atom. The van der Waals surface area contributed by atoms with E-state index in [0.29, 0.717) is 18.7 Å². The van der Waals surface area contributed by atoms with Gasteiger partial charge in [-0.3, -0.25) is 9.59 Å². The number of ether oxygens (including phenoxy) is 1. The number of carbonyl (C=O) groups is 2. The van der Waals surface area contributed by atoms with Crippen LogP contribution in [0.25, 0.3) is 0 Å². The van der Waals surface area contributed by atoms with Gasteiger partial charge in [0.25, 0.3) is 0 Å². The lowest BCUT2D eigenvalue weighted by Crippen LogP contribution is -2.52. The van der Waals surface area contributed by atoms with Crippen molar-refractivity contribution >= 4 is 39.5 Å². The zero-order valence-corrected chi connectivity index (χ0v) is 24.1. The molecule has 0 bridgehead atoms. The van der Waals surface area contributed by atoms with Gasteiger partial charge in [-0.2, -0.15) is 0 Å². The Kier molecular flexibility index (Phi) is 11.5. The van der Waals surface area contributed by atoms with Gasteiger partial charge in [-0.15, -0.1) is 11.8 Å². The van der Waals surface area contributed by atoms with Crippen LogP contribution >= 0.6 is 27.7 Å². The summed E-state index contributed by atoms with van der Waals surface area (Å²) in [4.78, 5) is 29.0. The van der Waals surface area contributed by atoms with Crippen molar-refractivity contribution in [2.24, 2.45) is 0 Å². The highest BCUT2D eigenvalue weighted by Crippen LogP contribution is 2.21. The quantitative estimate of drug-likeness (QED) is 0.259. The third kappa shape index (κ3) is 9.24. The molecule has 5 nitrogen and oxygen atoms in total. The molecule has 196 valence electrons. The summed E-state index contributed by atoms with van der Waals surface area (Å²) in [6.07, 6.45) is 1.27. The molecule has 0 heterocycles. The smallest absolute Gasteiger partial charge is 0.243 e. The molecule has 0 aromatic heterocycles. The third-order valence-corrected chi connectivity index (χ3v) is 7.65. The monoisotopic (exact) mass is 582 g/mol. The van der Waals surface area contributed by atoms with E-state index in [1.807, 2.05) is 92.7 Å². The molecule has 2 atom stereocenters. The van der Waals surface area contributed by atoms with Crippen molar-refractivity contribution in [1.82, 2.24) is 10.2 Å². The molecule has 3 aromatic rings. The minimum absolute atomic E-state index is 0.0260. The number of hydrogen-bond acceptors (Lipinski definition) is 4. The number of methoxy groups -OCH3 is 1. The highest BCUT2D eigenvalue weighted by molar-refractivity contribution is 9.10. The zero-order valence-electron chi connectivity index (χ0n) is 21.7. The molecule has 1 N–H and O–H groups in total. The maximum atomic E-state index is 13.7. The standard InChI is InChI=1S/C30H35BrN2O3S/c1-4-22(2)32-30(35)28(18-23-9-6-5-7-10-23)33(19-25-11-8-12-26(31)17-25)29(34)21-37-20-24-13-15-27(36-3)16-14-24/h5-17,22,28H,4,18-21H2,1-3H3,(H,32,35)/t22-,28+/m1/s1. The van der Waals surface area contributed by atoms with Gasteiger partial charge in [-0.1, -0.05) is 77.5 Å². The van der Waals surface area contributed by atoms with Crippen LogP contribution in [0.1, 0.15) is 37.0 Å². The summed E-state index contributed by atoms with van der Waals surface area (Å²) in [7, 11) is 1.64. The molecule has 0 aliphatic carbocycles. The number of hydrogen-bond donors (Lipinski definition) is 1. The van der Waals surface area contributed by atoms with Gasteiger partial charge in [0.2, 0.25) is 11.8 Å². The van der Waals surface area contributed by atoms with Crippen LogP contribution in [0.2, 0.25) is 0 Å². The molecule has 0 aliphatic heterocycles. The normalized spacial score (nSPS) is 12.4. The topological polar surface area (TPSA) is 58.6 Å². The molecule has 7 heteroatoms. The number of amides is 2. The molecule has 0 unspecified atom stereocenters. The largest absolute Gasteiger partial charge is 0.497 e. The van der Waals surface area contributed by atoms with Gasteiger partial charge in [-0.25, -0.2) is 0 Å². The Morgan fingerprint density at radius 2 is 1.68 bits per heavy atom. The minimum Gasteiger partial charge on any atom is -0.497 e. The maximum Gasteiger partial charge on any atom is 0.243 e. The van der Waals surface area contributed by atoms with E-state index in [-0.39, 0.29) is 23.6 Å². The summed E-state index contributed by atoms with van der Waals surface area (Å²) >= 11 is 5.08. The predicted octanol–water partition coefficient (Wildman–Crippen LogP) is 6.25. The second kappa shape index (κ2) is 14.8. The van der Waals surface area contributed by atoms with E-state index >= 15 is 0 Å². The van der Waals surface area contributed by atoms with Crippen molar-refractivity contribution in [2.75, 3.05) is 12.9 Å². The van der Waals surface area contributed by atoms with Crippen LogP contribution in [0.3, 0.4) is 0 Å². The summed E-state index contributed by atoms with van der Waals surface area (Å²) in [6, 6.07) is 25.0. The zero-order chi connectivity index (χ0) is 26.6. The third-order valence-electron chi connectivity index (χ3n) is 6.17. The van der Waals surface area contributed by atoms with Gasteiger partial charge in [0.1, 0.15) is 11.8 Å². The van der Waals surface area contributed by atoms with Gasteiger partial charge >= 0.3 is 0 Å². The SMILES string of the molecule is CC[C@@H](C)NC(=O)[C@H](Cc1ccccc1)N(Cc1cccc(Br)c1)C(=O)CSCc1ccc(OC)cc1. The summed E-state index contributed by atoms with van der Waals surface area (Å²) in [5.41, 5.74) is 3.11. The van der Waals surface area contributed by atoms with Crippen LogP contribution in [0.4, 0.5) is 0 Å². The fourth-order valence-electron chi connectivity index (χ4n) is 3.89. The molecule has 0 saturated carbocycles. The summed E-state index contributed by atoms with van der Waals surface area (Å²) in [5.74, 6) is 1.60. The van der Waals surface area contributed by atoms with Crippen molar-refractivity contribution in [3.63, 3.8) is 0 Å². The van der Waals surface area contributed by atoms with Gasteiger partial charge in [-0.05, 0) is 54.3 Å². The molecule has 0 radical (unpaired) electrons. The van der Waals surface area contributed by atoms with Crippen LogP contribution < -0.4 is 10.1 Å². The van der Waals surface area contributed by atoms with Crippen LogP contribution in [-0.2, 0) is 28.3 Å². The van der Waals surface area contributed by atoms with Crippen molar-refractivity contribution in [2.45, 2.75) is 51.1 Å². The number of nitrogens with one attached hydrogen (secondary N) is 1. The Morgan fingerprint density at radius 1 is 0.973 bits per heavy atom. The lowest BCUT2D eigenvalue weighted by Gasteiger charge is -2.32. The first kappa shape index (κ1) is 28.8. The van der Waals surface area contributed by atoms with E-state index in [1.165, 1.54) is 0 Å².